The number of rotatable bonds is 6. The second-order valence-electron chi connectivity index (χ2n) is 5.36. The van der Waals surface area contributed by atoms with E-state index in [-0.39, 0.29) is 6.04 Å². The van der Waals surface area contributed by atoms with E-state index in [9.17, 15) is 0 Å². The summed E-state index contributed by atoms with van der Waals surface area (Å²) in [5.74, 6) is 2.13. The molecule has 0 radical (unpaired) electrons. The molecule has 1 unspecified atom stereocenters. The van der Waals surface area contributed by atoms with E-state index in [0.29, 0.717) is 18.3 Å². The van der Waals surface area contributed by atoms with Crippen LogP contribution >= 0.6 is 11.3 Å². The molecular formula is C17H19N3O2S. The van der Waals surface area contributed by atoms with Crippen molar-refractivity contribution in [2.45, 2.75) is 19.5 Å². The molecule has 0 aliphatic rings. The first kappa shape index (κ1) is 15.7. The number of ether oxygens (including phenoxy) is 1. The number of methoxy groups -OCH3 is 1. The van der Waals surface area contributed by atoms with Crippen molar-refractivity contribution >= 4 is 11.3 Å². The van der Waals surface area contributed by atoms with E-state index in [2.05, 4.69) is 28.0 Å². The third kappa shape index (κ3) is 3.60. The van der Waals surface area contributed by atoms with Crippen LogP contribution in [0.1, 0.15) is 24.4 Å². The molecule has 0 saturated heterocycles. The molecule has 0 saturated carbocycles. The Hall–Kier alpha value is -2.18. The predicted molar refractivity (Wildman–Crippen MR) is 90.5 cm³/mol. The summed E-state index contributed by atoms with van der Waals surface area (Å²) < 4.78 is 10.7. The van der Waals surface area contributed by atoms with Crippen LogP contribution in [0, 0.1) is 0 Å². The first-order valence-corrected chi connectivity index (χ1v) is 8.26. The summed E-state index contributed by atoms with van der Waals surface area (Å²) in [4.78, 5) is 7.65. The largest absolute Gasteiger partial charge is 0.497 e. The third-order valence-electron chi connectivity index (χ3n) is 3.83. The van der Waals surface area contributed by atoms with Gasteiger partial charge < -0.3 is 9.26 Å². The molecule has 2 heterocycles. The number of hydrogen-bond acceptors (Lipinski definition) is 6. The Morgan fingerprint density at radius 1 is 1.30 bits per heavy atom. The van der Waals surface area contributed by atoms with Crippen molar-refractivity contribution < 1.29 is 9.26 Å². The maximum Gasteiger partial charge on any atom is 0.241 e. The molecule has 1 aromatic carbocycles. The quantitative estimate of drug-likeness (QED) is 0.684. The molecule has 6 heteroatoms. The highest BCUT2D eigenvalue weighted by atomic mass is 32.1. The molecule has 0 amide bonds. The van der Waals surface area contributed by atoms with Gasteiger partial charge in [0.15, 0.2) is 0 Å². The van der Waals surface area contributed by atoms with E-state index >= 15 is 0 Å². The molecule has 1 atom stereocenters. The number of nitrogens with zero attached hydrogens (tertiary/aromatic N) is 3. The van der Waals surface area contributed by atoms with Crippen LogP contribution in [-0.4, -0.2) is 29.2 Å². The average molecular weight is 329 g/mol. The first-order valence-electron chi connectivity index (χ1n) is 7.38. The summed E-state index contributed by atoms with van der Waals surface area (Å²) in [6.45, 7) is 2.74. The Bertz CT molecular complexity index is 755. The molecule has 3 rings (SSSR count). The van der Waals surface area contributed by atoms with Crippen LogP contribution in [0.5, 0.6) is 5.75 Å². The van der Waals surface area contributed by atoms with Crippen molar-refractivity contribution in [1.29, 1.82) is 0 Å². The lowest BCUT2D eigenvalue weighted by atomic mass is 10.1. The fourth-order valence-corrected chi connectivity index (χ4v) is 2.98. The highest BCUT2D eigenvalue weighted by molar-refractivity contribution is 7.13. The minimum Gasteiger partial charge on any atom is -0.497 e. The Kier molecular flexibility index (Phi) is 4.73. The maximum atomic E-state index is 5.37. The van der Waals surface area contributed by atoms with Crippen LogP contribution in [-0.2, 0) is 6.54 Å². The third-order valence-corrected chi connectivity index (χ3v) is 4.70. The zero-order valence-corrected chi connectivity index (χ0v) is 14.2. The topological polar surface area (TPSA) is 51.4 Å². The molecule has 0 fully saturated rings. The van der Waals surface area contributed by atoms with Gasteiger partial charge in [-0.15, -0.1) is 11.3 Å². The molecule has 0 aliphatic heterocycles. The van der Waals surface area contributed by atoms with Gasteiger partial charge in [-0.2, -0.15) is 4.98 Å². The number of hydrogen-bond donors (Lipinski definition) is 0. The predicted octanol–water partition coefficient (Wildman–Crippen LogP) is 4.00. The van der Waals surface area contributed by atoms with Crippen molar-refractivity contribution in [3.05, 3.63) is 53.2 Å². The van der Waals surface area contributed by atoms with Gasteiger partial charge in [0.1, 0.15) is 5.75 Å². The lowest BCUT2D eigenvalue weighted by molar-refractivity contribution is 0.216. The van der Waals surface area contributed by atoms with Gasteiger partial charge in [-0.05, 0) is 43.1 Å². The second kappa shape index (κ2) is 6.93. The van der Waals surface area contributed by atoms with Gasteiger partial charge in [-0.1, -0.05) is 23.4 Å². The second-order valence-corrected chi connectivity index (χ2v) is 6.30. The summed E-state index contributed by atoms with van der Waals surface area (Å²) in [5.41, 5.74) is 1.19. The van der Waals surface area contributed by atoms with E-state index in [1.165, 1.54) is 5.56 Å². The van der Waals surface area contributed by atoms with E-state index < -0.39 is 0 Å². The van der Waals surface area contributed by atoms with E-state index in [4.69, 9.17) is 9.26 Å². The molecule has 0 N–H and O–H groups in total. The van der Waals surface area contributed by atoms with Crippen LogP contribution < -0.4 is 4.74 Å². The first-order chi connectivity index (χ1) is 11.2. The molecule has 23 heavy (non-hydrogen) atoms. The standard InChI is InChI=1S/C17H19N3O2S/c1-12(13-6-4-7-14(10-13)21-3)20(2)11-16-18-17(19-22-16)15-8-5-9-23-15/h4-10,12H,11H2,1-3H3. The van der Waals surface area contributed by atoms with Gasteiger partial charge in [0.05, 0.1) is 18.5 Å². The van der Waals surface area contributed by atoms with Crippen LogP contribution in [0.15, 0.2) is 46.3 Å². The highest BCUT2D eigenvalue weighted by Crippen LogP contribution is 2.25. The molecule has 0 bridgehead atoms. The van der Waals surface area contributed by atoms with Gasteiger partial charge in [0.2, 0.25) is 11.7 Å². The smallest absolute Gasteiger partial charge is 0.241 e. The van der Waals surface area contributed by atoms with Crippen molar-refractivity contribution in [3.63, 3.8) is 0 Å². The molecule has 120 valence electrons. The van der Waals surface area contributed by atoms with Gasteiger partial charge in [-0.25, -0.2) is 0 Å². The number of aromatic nitrogens is 2. The van der Waals surface area contributed by atoms with Crippen LogP contribution in [0.4, 0.5) is 0 Å². The zero-order chi connectivity index (χ0) is 16.2. The zero-order valence-electron chi connectivity index (χ0n) is 13.4. The summed E-state index contributed by atoms with van der Waals surface area (Å²) in [6.07, 6.45) is 0. The van der Waals surface area contributed by atoms with Gasteiger partial charge in [-0.3, -0.25) is 4.90 Å². The van der Waals surface area contributed by atoms with Gasteiger partial charge >= 0.3 is 0 Å². The Balaban J connectivity index is 1.69. The molecular weight excluding hydrogens is 310 g/mol. The van der Waals surface area contributed by atoms with Crippen LogP contribution in [0.2, 0.25) is 0 Å². The molecule has 3 aromatic rings. The normalized spacial score (nSPS) is 12.5. The molecule has 0 aliphatic carbocycles. The molecule has 2 aromatic heterocycles. The minimum absolute atomic E-state index is 0.210. The lowest BCUT2D eigenvalue weighted by Crippen LogP contribution is -2.22. The Morgan fingerprint density at radius 2 is 2.17 bits per heavy atom. The van der Waals surface area contributed by atoms with Crippen molar-refractivity contribution in [3.8, 4) is 16.5 Å². The lowest BCUT2D eigenvalue weighted by Gasteiger charge is -2.23. The minimum atomic E-state index is 0.210. The van der Waals surface area contributed by atoms with Crippen molar-refractivity contribution in [1.82, 2.24) is 15.0 Å². The Labute approximate surface area is 139 Å². The maximum absolute atomic E-state index is 5.37. The SMILES string of the molecule is COc1cccc(C(C)N(C)Cc2nc(-c3cccs3)no2)c1. The van der Waals surface area contributed by atoms with Gasteiger partial charge in [0, 0.05) is 6.04 Å². The summed E-state index contributed by atoms with van der Waals surface area (Å²) in [5, 5.41) is 6.05. The fourth-order valence-electron chi connectivity index (χ4n) is 2.33. The Morgan fingerprint density at radius 3 is 2.91 bits per heavy atom. The fraction of sp³-hybridized carbons (Fsp3) is 0.294. The highest BCUT2D eigenvalue weighted by Gasteiger charge is 2.16. The van der Waals surface area contributed by atoms with E-state index in [1.54, 1.807) is 18.4 Å². The van der Waals surface area contributed by atoms with Crippen molar-refractivity contribution in [2.24, 2.45) is 0 Å². The molecule has 5 nitrogen and oxygen atoms in total. The monoisotopic (exact) mass is 329 g/mol. The van der Waals surface area contributed by atoms with E-state index in [0.717, 1.165) is 10.6 Å². The van der Waals surface area contributed by atoms with Gasteiger partial charge in [0.25, 0.3) is 0 Å². The molecule has 0 spiro atoms. The summed E-state index contributed by atoms with van der Waals surface area (Å²) in [7, 11) is 3.72. The van der Waals surface area contributed by atoms with Crippen molar-refractivity contribution in [2.75, 3.05) is 14.2 Å². The summed E-state index contributed by atoms with van der Waals surface area (Å²) >= 11 is 1.60. The van der Waals surface area contributed by atoms with Crippen LogP contribution in [0.25, 0.3) is 10.7 Å². The summed E-state index contributed by atoms with van der Waals surface area (Å²) in [6, 6.07) is 12.3. The van der Waals surface area contributed by atoms with Crippen LogP contribution in [0.3, 0.4) is 0 Å². The number of benzene rings is 1. The number of thiophene rings is 1. The van der Waals surface area contributed by atoms with E-state index in [1.807, 2.05) is 42.8 Å². The average Bonchev–Trinajstić information content (AvgIpc) is 3.25.